The summed E-state index contributed by atoms with van der Waals surface area (Å²) in [6, 6.07) is 18.9. The number of alkyl halides is 4. The molecule has 1 unspecified atom stereocenters. The van der Waals surface area contributed by atoms with Crippen LogP contribution in [0, 0.1) is 10.1 Å². The Morgan fingerprint density at radius 2 is 1.63 bits per heavy atom. The molecule has 0 radical (unpaired) electrons. The summed E-state index contributed by atoms with van der Waals surface area (Å²) in [4.78, 5) is 18.1. The van der Waals surface area contributed by atoms with Gasteiger partial charge in [-0.2, -0.15) is 17.6 Å². The number of nitrogens with zero attached hydrogens (tertiary/aromatic N) is 3. The number of hydrogen-bond acceptors (Lipinski definition) is 7. The largest absolute Gasteiger partial charge is 0.435 e. The molecular weight excluding hydrogens is 586 g/mol. The monoisotopic (exact) mass is 609 g/mol. The highest BCUT2D eigenvalue weighted by Crippen LogP contribution is 2.51. The Balaban J connectivity index is 1.42. The number of hydrogen-bond donors (Lipinski definition) is 0. The van der Waals surface area contributed by atoms with Crippen LogP contribution in [-0.2, 0) is 0 Å². The summed E-state index contributed by atoms with van der Waals surface area (Å²) in [7, 11) is 0. The first-order valence-electron chi connectivity index (χ1n) is 13.3. The van der Waals surface area contributed by atoms with Gasteiger partial charge in [0.05, 0.1) is 22.4 Å². The third-order valence-electron chi connectivity index (χ3n) is 7.26. The van der Waals surface area contributed by atoms with Gasteiger partial charge in [-0.15, -0.1) is 0 Å². The zero-order chi connectivity index (χ0) is 30.1. The van der Waals surface area contributed by atoms with Crippen molar-refractivity contribution in [1.29, 1.82) is 0 Å². The summed E-state index contributed by atoms with van der Waals surface area (Å²) < 4.78 is 59.9. The number of halogens is 4. The number of allylic oxidation sites excluding steroid dienone is 1. The van der Waals surface area contributed by atoms with E-state index >= 15 is 0 Å². The van der Waals surface area contributed by atoms with Gasteiger partial charge in [0.15, 0.2) is 5.17 Å². The minimum Gasteiger partial charge on any atom is -0.435 e. The van der Waals surface area contributed by atoms with Crippen LogP contribution in [0.1, 0.15) is 42.0 Å². The van der Waals surface area contributed by atoms with Gasteiger partial charge in [0.2, 0.25) is 0 Å². The summed E-state index contributed by atoms with van der Waals surface area (Å²) in [6.45, 7) is -5.86. The predicted octanol–water partition coefficient (Wildman–Crippen LogP) is 8.78. The lowest BCUT2D eigenvalue weighted by Gasteiger charge is -2.40. The van der Waals surface area contributed by atoms with E-state index in [1.807, 2.05) is 16.4 Å². The Bertz CT molecular complexity index is 1670. The molecule has 0 aromatic heterocycles. The van der Waals surface area contributed by atoms with Crippen LogP contribution in [0.2, 0.25) is 0 Å². The fraction of sp³-hybridized carbons (Fsp3) is 0.194. The molecule has 0 fully saturated rings. The number of nitro benzene ring substituents is 1. The number of nitro groups is 1. The van der Waals surface area contributed by atoms with Crippen molar-refractivity contribution in [2.75, 3.05) is 0 Å². The normalized spacial score (nSPS) is 18.9. The maximum absolute atomic E-state index is 12.8. The van der Waals surface area contributed by atoms with E-state index < -0.39 is 18.1 Å². The smallest absolute Gasteiger partial charge is 0.387 e. The van der Waals surface area contributed by atoms with E-state index in [2.05, 4.69) is 9.47 Å². The highest BCUT2D eigenvalue weighted by molar-refractivity contribution is 8.16. The van der Waals surface area contributed by atoms with Crippen molar-refractivity contribution in [3.8, 4) is 11.5 Å². The van der Waals surface area contributed by atoms with Crippen LogP contribution in [0.4, 0.5) is 23.2 Å². The summed E-state index contributed by atoms with van der Waals surface area (Å²) in [5.41, 5.74) is 5.76. The van der Waals surface area contributed by atoms with Crippen molar-refractivity contribution in [3.05, 3.63) is 122 Å². The summed E-state index contributed by atoms with van der Waals surface area (Å²) in [6.07, 6.45) is 4.26. The Labute approximate surface area is 248 Å². The van der Waals surface area contributed by atoms with E-state index in [0.717, 1.165) is 46.5 Å². The van der Waals surface area contributed by atoms with Gasteiger partial charge in [-0.05, 0) is 71.9 Å². The fourth-order valence-electron chi connectivity index (χ4n) is 5.48. The molecule has 43 heavy (non-hydrogen) atoms. The number of aliphatic imine (C=N–C) groups is 1. The molecule has 0 spiro atoms. The first-order valence-corrected chi connectivity index (χ1v) is 14.2. The minimum atomic E-state index is -2.95. The first-order chi connectivity index (χ1) is 20.8. The average molecular weight is 610 g/mol. The van der Waals surface area contributed by atoms with Crippen LogP contribution < -0.4 is 9.47 Å². The molecule has 2 aliphatic heterocycles. The number of rotatable bonds is 8. The number of benzene rings is 3. The van der Waals surface area contributed by atoms with Gasteiger partial charge in [-0.25, -0.2) is 4.99 Å². The van der Waals surface area contributed by atoms with Crippen molar-refractivity contribution in [1.82, 2.24) is 4.90 Å². The van der Waals surface area contributed by atoms with Crippen LogP contribution in [0.15, 0.2) is 100 Å². The lowest BCUT2D eigenvalue weighted by molar-refractivity contribution is -0.384. The van der Waals surface area contributed by atoms with Gasteiger partial charge >= 0.3 is 13.2 Å². The van der Waals surface area contributed by atoms with Gasteiger partial charge in [0, 0.05) is 23.1 Å². The molecule has 7 nitrogen and oxygen atoms in total. The van der Waals surface area contributed by atoms with E-state index in [-0.39, 0.29) is 23.2 Å². The molecule has 3 aliphatic rings. The Kier molecular flexibility index (Phi) is 7.94. The molecule has 1 aliphatic carbocycles. The first kappa shape index (κ1) is 28.5. The van der Waals surface area contributed by atoms with E-state index in [4.69, 9.17) is 4.99 Å². The third-order valence-corrected chi connectivity index (χ3v) is 8.10. The van der Waals surface area contributed by atoms with E-state index in [1.54, 1.807) is 36.4 Å². The number of non-ortho nitro benzene ring substituents is 1. The van der Waals surface area contributed by atoms with Gasteiger partial charge in [0.25, 0.3) is 5.69 Å². The van der Waals surface area contributed by atoms with Crippen molar-refractivity contribution in [2.45, 2.75) is 38.5 Å². The molecule has 0 saturated heterocycles. The average Bonchev–Trinajstić information content (AvgIpc) is 3.41. The molecule has 0 saturated carbocycles. The third kappa shape index (κ3) is 6.00. The van der Waals surface area contributed by atoms with Crippen molar-refractivity contribution in [2.24, 2.45) is 4.99 Å². The van der Waals surface area contributed by atoms with Gasteiger partial charge in [-0.3, -0.25) is 10.1 Å². The second-order valence-electron chi connectivity index (χ2n) is 9.89. The van der Waals surface area contributed by atoms with E-state index in [1.165, 1.54) is 48.2 Å². The molecule has 2 heterocycles. The second kappa shape index (κ2) is 12.0. The van der Waals surface area contributed by atoms with E-state index in [9.17, 15) is 27.7 Å². The molecule has 6 rings (SSSR count). The summed E-state index contributed by atoms with van der Waals surface area (Å²) in [5, 5.41) is 14.1. The quantitative estimate of drug-likeness (QED) is 0.144. The SMILES string of the molecule is O=[N+]([O-])c1cccc(C2=CSC3=NC4=C(CCC/C4=C/c4ccc(OC(F)F)cc4)C(c4ccc(OC(F)F)cc4)N23)c1. The summed E-state index contributed by atoms with van der Waals surface area (Å²) in [5.74, 6) is 0.0992. The Hall–Kier alpha value is -4.58. The molecule has 0 N–H and O–H groups in total. The molecule has 1 atom stereocenters. The maximum Gasteiger partial charge on any atom is 0.387 e. The molecule has 12 heteroatoms. The van der Waals surface area contributed by atoms with Crippen LogP contribution >= 0.6 is 11.8 Å². The number of thioether (sulfide) groups is 1. The Morgan fingerprint density at radius 1 is 0.953 bits per heavy atom. The standard InChI is InChI=1S/C31H23F4N3O4S/c32-29(33)41-23-11-7-18(8-12-23)15-21-4-2-6-25-27(21)36-31-37(28(25)19-9-13-24(14-10-19)42-30(34)35)26(17-43-31)20-3-1-5-22(16-20)38(39)40/h1,3,5,7-17,28-30H,2,4,6H2/b21-15-. The number of fused-ring (bicyclic) bond motifs is 1. The highest BCUT2D eigenvalue weighted by atomic mass is 32.2. The number of ether oxygens (including phenoxy) is 2. The summed E-state index contributed by atoms with van der Waals surface area (Å²) >= 11 is 1.40. The zero-order valence-corrected chi connectivity index (χ0v) is 23.1. The minimum absolute atomic E-state index is 0.0337. The molecule has 3 aromatic rings. The molecule has 0 bridgehead atoms. The topological polar surface area (TPSA) is 77.2 Å². The number of amidine groups is 1. The van der Waals surface area contributed by atoms with Crippen molar-refractivity contribution in [3.63, 3.8) is 0 Å². The van der Waals surface area contributed by atoms with Crippen molar-refractivity contribution < 1.29 is 32.0 Å². The Morgan fingerprint density at radius 3 is 2.28 bits per heavy atom. The lowest BCUT2D eigenvalue weighted by Crippen LogP contribution is -2.34. The van der Waals surface area contributed by atoms with Crippen LogP contribution in [0.5, 0.6) is 11.5 Å². The van der Waals surface area contributed by atoms with Crippen LogP contribution in [0.3, 0.4) is 0 Å². The maximum atomic E-state index is 12.8. The van der Waals surface area contributed by atoms with Gasteiger partial charge < -0.3 is 14.4 Å². The fourth-order valence-corrected chi connectivity index (χ4v) is 6.41. The van der Waals surface area contributed by atoms with Crippen LogP contribution in [-0.4, -0.2) is 28.2 Å². The van der Waals surface area contributed by atoms with Crippen LogP contribution in [0.25, 0.3) is 11.8 Å². The molecular formula is C31H23F4N3O4S. The van der Waals surface area contributed by atoms with Gasteiger partial charge in [-0.1, -0.05) is 48.2 Å². The van der Waals surface area contributed by atoms with E-state index in [0.29, 0.717) is 17.2 Å². The lowest BCUT2D eigenvalue weighted by atomic mass is 9.82. The molecule has 220 valence electrons. The van der Waals surface area contributed by atoms with Crippen molar-refractivity contribution >= 4 is 34.4 Å². The molecule has 3 aromatic carbocycles. The highest BCUT2D eigenvalue weighted by Gasteiger charge is 2.40. The second-order valence-corrected chi connectivity index (χ2v) is 10.7. The molecule has 0 amide bonds. The van der Waals surface area contributed by atoms with Gasteiger partial charge in [0.1, 0.15) is 11.5 Å². The zero-order valence-electron chi connectivity index (χ0n) is 22.3. The predicted molar refractivity (Wildman–Crippen MR) is 156 cm³/mol.